The van der Waals surface area contributed by atoms with Gasteiger partial charge in [-0.05, 0) is 0 Å². The molecule has 0 N–H and O–H groups in total. The second-order valence-corrected chi connectivity index (χ2v) is 2.58. The zero-order valence-electron chi connectivity index (χ0n) is 6.38. The molecule has 0 radical (unpaired) electrons. The van der Waals surface area contributed by atoms with Crippen LogP contribution in [0.25, 0.3) is 0 Å². The molecule has 0 saturated heterocycles. The van der Waals surface area contributed by atoms with Crippen LogP contribution in [0.1, 0.15) is 12.1 Å². The van der Waals surface area contributed by atoms with Crippen molar-refractivity contribution in [2.75, 3.05) is 0 Å². The number of halogens is 4. The monoisotopic (exact) mass is 226 g/mol. The van der Waals surface area contributed by atoms with Gasteiger partial charge in [0, 0.05) is 0 Å². The molecule has 1 aromatic rings. The highest BCUT2D eigenvalue weighted by Gasteiger charge is 2.25. The Kier molecular flexibility index (Phi) is 2.90. The molecular weight excluding hydrogens is 225 g/mol. The highest BCUT2D eigenvalue weighted by atomic mass is 35.5. The number of alkyl halides is 2. The van der Waals surface area contributed by atoms with Crippen LogP contribution in [0.15, 0.2) is 6.07 Å². The molecule has 0 aliphatic rings. The van der Waals surface area contributed by atoms with Gasteiger partial charge in [-0.1, -0.05) is 11.6 Å². The normalized spacial score (nSPS) is 10.6. The van der Waals surface area contributed by atoms with Gasteiger partial charge in [-0.2, -0.15) is 0 Å². The quantitative estimate of drug-likeness (QED) is 0.443. The third-order valence-electron chi connectivity index (χ3n) is 1.34. The molecular formula is C6H2ClF3N2O2. The Morgan fingerprint density at radius 3 is 2.57 bits per heavy atom. The van der Waals surface area contributed by atoms with Crippen LogP contribution in [0.4, 0.5) is 18.9 Å². The minimum Gasteiger partial charge on any atom is -0.258 e. The van der Waals surface area contributed by atoms with E-state index in [-0.39, 0.29) is 0 Å². The third kappa shape index (κ3) is 1.92. The van der Waals surface area contributed by atoms with E-state index in [0.717, 1.165) is 0 Å². The molecule has 0 amide bonds. The molecule has 0 spiro atoms. The Morgan fingerprint density at radius 2 is 2.14 bits per heavy atom. The molecule has 0 aliphatic heterocycles. The van der Waals surface area contributed by atoms with Crippen molar-refractivity contribution in [1.82, 2.24) is 4.98 Å². The summed E-state index contributed by atoms with van der Waals surface area (Å²) in [7, 11) is 0. The minimum absolute atomic E-state index is 0.316. The van der Waals surface area contributed by atoms with E-state index < -0.39 is 33.7 Å². The number of hydrogen-bond donors (Lipinski definition) is 0. The van der Waals surface area contributed by atoms with Crippen LogP contribution < -0.4 is 0 Å². The zero-order chi connectivity index (χ0) is 10.9. The number of aromatic nitrogens is 1. The molecule has 76 valence electrons. The molecule has 0 aromatic carbocycles. The number of nitro groups is 1. The van der Waals surface area contributed by atoms with Crippen LogP contribution in [0.5, 0.6) is 0 Å². The molecule has 1 aromatic heterocycles. The van der Waals surface area contributed by atoms with E-state index in [1.807, 2.05) is 0 Å². The summed E-state index contributed by atoms with van der Waals surface area (Å²) in [5, 5.41) is 9.40. The number of rotatable bonds is 2. The van der Waals surface area contributed by atoms with Crippen molar-refractivity contribution in [1.29, 1.82) is 0 Å². The summed E-state index contributed by atoms with van der Waals surface area (Å²) < 4.78 is 36.9. The molecule has 1 heterocycles. The van der Waals surface area contributed by atoms with E-state index in [9.17, 15) is 23.3 Å². The summed E-state index contributed by atoms with van der Waals surface area (Å²) in [5.41, 5.74) is -2.22. The predicted molar refractivity (Wildman–Crippen MR) is 40.8 cm³/mol. The van der Waals surface area contributed by atoms with Crippen molar-refractivity contribution < 1.29 is 18.1 Å². The average molecular weight is 227 g/mol. The molecule has 1 rings (SSSR count). The summed E-state index contributed by atoms with van der Waals surface area (Å²) >= 11 is 5.09. The molecule has 14 heavy (non-hydrogen) atoms. The van der Waals surface area contributed by atoms with Gasteiger partial charge in [0.05, 0.1) is 11.0 Å². The van der Waals surface area contributed by atoms with Gasteiger partial charge in [0.25, 0.3) is 12.1 Å². The van der Waals surface area contributed by atoms with Crippen molar-refractivity contribution in [3.63, 3.8) is 0 Å². The lowest BCUT2D eigenvalue weighted by molar-refractivity contribution is -0.386. The van der Waals surface area contributed by atoms with Gasteiger partial charge in [-0.25, -0.2) is 18.2 Å². The Hall–Kier alpha value is -1.37. The van der Waals surface area contributed by atoms with Crippen molar-refractivity contribution in [2.45, 2.75) is 6.43 Å². The molecule has 0 fully saturated rings. The first-order valence-electron chi connectivity index (χ1n) is 3.22. The van der Waals surface area contributed by atoms with Crippen LogP contribution in [0.2, 0.25) is 5.15 Å². The highest BCUT2D eigenvalue weighted by Crippen LogP contribution is 2.29. The first-order valence-corrected chi connectivity index (χ1v) is 3.59. The smallest absolute Gasteiger partial charge is 0.258 e. The summed E-state index contributed by atoms with van der Waals surface area (Å²) in [6.07, 6.45) is -3.17. The topological polar surface area (TPSA) is 56.0 Å². The highest BCUT2D eigenvalue weighted by molar-refractivity contribution is 6.29. The lowest BCUT2D eigenvalue weighted by Crippen LogP contribution is -2.01. The Balaban J connectivity index is 3.39. The molecule has 4 nitrogen and oxygen atoms in total. The maximum absolute atomic E-state index is 12.6. The standard InChI is InChI=1S/C6H2ClF3N2O2/c7-5-2(8)1-3(12(13)14)4(11-5)6(9)10/h1,6H. The third-order valence-corrected chi connectivity index (χ3v) is 1.61. The largest absolute Gasteiger partial charge is 0.299 e. The minimum atomic E-state index is -3.17. The first kappa shape index (κ1) is 10.7. The lowest BCUT2D eigenvalue weighted by Gasteiger charge is -2.01. The van der Waals surface area contributed by atoms with E-state index in [1.54, 1.807) is 0 Å². The van der Waals surface area contributed by atoms with Gasteiger partial charge >= 0.3 is 0 Å². The summed E-state index contributed by atoms with van der Waals surface area (Å²) in [4.78, 5) is 12.0. The lowest BCUT2D eigenvalue weighted by atomic mass is 10.3. The zero-order valence-corrected chi connectivity index (χ0v) is 7.13. The number of hydrogen-bond acceptors (Lipinski definition) is 3. The summed E-state index contributed by atoms with van der Waals surface area (Å²) in [5.74, 6) is -1.21. The first-order chi connectivity index (χ1) is 6.43. The average Bonchev–Trinajstić information content (AvgIpc) is 2.08. The van der Waals surface area contributed by atoms with Crippen LogP contribution in [0, 0.1) is 15.9 Å². The summed E-state index contributed by atoms with van der Waals surface area (Å²) in [6.45, 7) is 0. The van der Waals surface area contributed by atoms with Crippen LogP contribution in [-0.2, 0) is 0 Å². The van der Waals surface area contributed by atoms with E-state index in [4.69, 9.17) is 11.6 Å². The van der Waals surface area contributed by atoms with Gasteiger partial charge in [0.2, 0.25) is 0 Å². The van der Waals surface area contributed by atoms with E-state index in [1.165, 1.54) is 0 Å². The molecule has 0 atom stereocenters. The molecule has 0 unspecified atom stereocenters. The van der Waals surface area contributed by atoms with Crippen molar-refractivity contribution in [3.8, 4) is 0 Å². The second kappa shape index (κ2) is 3.79. The Labute approximate surface area is 80.5 Å². The van der Waals surface area contributed by atoms with Crippen molar-refractivity contribution >= 4 is 17.3 Å². The molecule has 0 aliphatic carbocycles. The van der Waals surface area contributed by atoms with Gasteiger partial charge in [-0.3, -0.25) is 10.1 Å². The summed E-state index contributed by atoms with van der Waals surface area (Å²) in [6, 6.07) is 0.316. The van der Waals surface area contributed by atoms with Gasteiger partial charge in [0.15, 0.2) is 16.7 Å². The molecule has 0 bridgehead atoms. The van der Waals surface area contributed by atoms with Gasteiger partial charge < -0.3 is 0 Å². The fraction of sp³-hybridized carbons (Fsp3) is 0.167. The molecule has 8 heteroatoms. The van der Waals surface area contributed by atoms with Crippen molar-refractivity contribution in [3.05, 3.63) is 32.8 Å². The van der Waals surface area contributed by atoms with Crippen LogP contribution >= 0.6 is 11.6 Å². The number of nitrogens with zero attached hydrogens (tertiary/aromatic N) is 2. The van der Waals surface area contributed by atoms with E-state index in [0.29, 0.717) is 6.07 Å². The fourth-order valence-electron chi connectivity index (χ4n) is 0.777. The van der Waals surface area contributed by atoms with Crippen LogP contribution in [-0.4, -0.2) is 9.91 Å². The van der Waals surface area contributed by atoms with Crippen molar-refractivity contribution in [2.24, 2.45) is 0 Å². The Morgan fingerprint density at radius 1 is 1.57 bits per heavy atom. The van der Waals surface area contributed by atoms with E-state index >= 15 is 0 Å². The van der Waals surface area contributed by atoms with Gasteiger partial charge in [-0.15, -0.1) is 0 Å². The maximum Gasteiger partial charge on any atom is 0.299 e. The fourth-order valence-corrected chi connectivity index (χ4v) is 0.922. The SMILES string of the molecule is O=[N+]([O-])c1cc(F)c(Cl)nc1C(F)F. The second-order valence-electron chi connectivity index (χ2n) is 2.22. The maximum atomic E-state index is 12.6. The van der Waals surface area contributed by atoms with Gasteiger partial charge in [0.1, 0.15) is 0 Å². The molecule has 0 saturated carbocycles. The Bertz CT molecular complexity index is 386. The number of pyridine rings is 1. The van der Waals surface area contributed by atoms with E-state index in [2.05, 4.69) is 4.98 Å². The van der Waals surface area contributed by atoms with Crippen LogP contribution in [0.3, 0.4) is 0 Å². The predicted octanol–water partition coefficient (Wildman–Crippen LogP) is 2.72.